The van der Waals surface area contributed by atoms with Crippen LogP contribution < -0.4 is 5.73 Å². The second-order valence-electron chi connectivity index (χ2n) is 5.38. The van der Waals surface area contributed by atoms with Crippen LogP contribution >= 0.6 is 0 Å². The van der Waals surface area contributed by atoms with Gasteiger partial charge in [-0.15, -0.1) is 0 Å². The quantitative estimate of drug-likeness (QED) is 0.881. The van der Waals surface area contributed by atoms with Crippen LogP contribution in [0.25, 0.3) is 5.69 Å². The predicted molar refractivity (Wildman–Crippen MR) is 80.5 cm³/mol. The summed E-state index contributed by atoms with van der Waals surface area (Å²) < 4.78 is 19.7. The lowest BCUT2D eigenvalue weighted by atomic mass is 9.81. The first-order valence-electron chi connectivity index (χ1n) is 7.43. The van der Waals surface area contributed by atoms with E-state index in [-0.39, 0.29) is 24.2 Å². The van der Waals surface area contributed by atoms with Gasteiger partial charge in [0.1, 0.15) is 17.2 Å². The lowest BCUT2D eigenvalue weighted by molar-refractivity contribution is 0.0525. The molecule has 0 unspecified atom stereocenters. The van der Waals surface area contributed by atoms with Crippen molar-refractivity contribution in [2.75, 3.05) is 12.3 Å². The van der Waals surface area contributed by atoms with Crippen LogP contribution in [0.2, 0.25) is 0 Å². The Labute approximate surface area is 127 Å². The van der Waals surface area contributed by atoms with Gasteiger partial charge in [-0.05, 0) is 44.0 Å². The maximum atomic E-state index is 13.1. The number of ether oxygens (including phenoxy) is 1. The fourth-order valence-electron chi connectivity index (χ4n) is 2.61. The molecule has 0 spiro atoms. The summed E-state index contributed by atoms with van der Waals surface area (Å²) in [7, 11) is 0. The Bertz CT molecular complexity index is 690. The van der Waals surface area contributed by atoms with Gasteiger partial charge in [0.2, 0.25) is 0 Å². The van der Waals surface area contributed by atoms with Crippen molar-refractivity contribution in [1.29, 1.82) is 0 Å². The van der Waals surface area contributed by atoms with Crippen molar-refractivity contribution in [2.45, 2.75) is 32.1 Å². The van der Waals surface area contributed by atoms with Gasteiger partial charge in [-0.1, -0.05) is 6.42 Å². The van der Waals surface area contributed by atoms with Crippen LogP contribution in [0.15, 0.2) is 24.3 Å². The zero-order chi connectivity index (χ0) is 15.7. The number of nitrogens with two attached hydrogens (primary N) is 1. The van der Waals surface area contributed by atoms with E-state index in [4.69, 9.17) is 10.5 Å². The highest BCUT2D eigenvalue weighted by atomic mass is 19.1. The molecule has 1 aromatic heterocycles. The van der Waals surface area contributed by atoms with Crippen LogP contribution in [0.5, 0.6) is 0 Å². The average Bonchev–Trinajstić information content (AvgIpc) is 2.75. The van der Waals surface area contributed by atoms with Crippen LogP contribution in [0.1, 0.15) is 48.2 Å². The van der Waals surface area contributed by atoms with E-state index < -0.39 is 5.97 Å². The number of nitrogen functional groups attached to an aromatic ring is 1. The van der Waals surface area contributed by atoms with Crippen LogP contribution in [0, 0.1) is 5.82 Å². The van der Waals surface area contributed by atoms with Gasteiger partial charge in [-0.3, -0.25) is 0 Å². The Balaban J connectivity index is 2.07. The highest BCUT2D eigenvalue weighted by molar-refractivity contribution is 5.96. The number of nitrogens with zero attached hydrogens (tertiary/aromatic N) is 2. The topological polar surface area (TPSA) is 70.1 Å². The average molecular weight is 303 g/mol. The first-order chi connectivity index (χ1) is 10.6. The van der Waals surface area contributed by atoms with E-state index in [1.54, 1.807) is 19.1 Å². The summed E-state index contributed by atoms with van der Waals surface area (Å²) in [5.41, 5.74) is 7.78. The van der Waals surface area contributed by atoms with Crippen molar-refractivity contribution in [1.82, 2.24) is 9.78 Å². The normalized spacial score (nSPS) is 14.6. The van der Waals surface area contributed by atoms with E-state index in [1.807, 2.05) is 0 Å². The van der Waals surface area contributed by atoms with Gasteiger partial charge in [-0.25, -0.2) is 13.9 Å². The fourth-order valence-corrected chi connectivity index (χ4v) is 2.61. The van der Waals surface area contributed by atoms with E-state index >= 15 is 0 Å². The number of rotatable bonds is 4. The molecule has 1 heterocycles. The van der Waals surface area contributed by atoms with Gasteiger partial charge in [0, 0.05) is 5.92 Å². The third-order valence-electron chi connectivity index (χ3n) is 3.99. The van der Waals surface area contributed by atoms with Crippen molar-refractivity contribution in [3.8, 4) is 5.69 Å². The minimum atomic E-state index is -0.449. The molecule has 1 aliphatic carbocycles. The fraction of sp³-hybridized carbons (Fsp3) is 0.375. The van der Waals surface area contributed by atoms with Crippen LogP contribution in [-0.4, -0.2) is 22.4 Å². The molecule has 2 aromatic rings. The Hall–Kier alpha value is -2.37. The van der Waals surface area contributed by atoms with E-state index in [1.165, 1.54) is 16.8 Å². The number of aromatic nitrogens is 2. The summed E-state index contributed by atoms with van der Waals surface area (Å²) in [6.45, 7) is 2.03. The summed E-state index contributed by atoms with van der Waals surface area (Å²) in [4.78, 5) is 12.2. The molecule has 0 radical (unpaired) electrons. The standard InChI is InChI=1S/C16H18FN3O2/c1-2-22-16(21)13-14(10-4-3-5-10)19-20(15(13)18)12-8-6-11(17)7-9-12/h6-10H,2-5,18H2,1H3. The third-order valence-corrected chi connectivity index (χ3v) is 3.99. The Morgan fingerprint density at radius 1 is 1.41 bits per heavy atom. The molecular weight excluding hydrogens is 285 g/mol. The van der Waals surface area contributed by atoms with E-state index in [0.717, 1.165) is 19.3 Å². The molecule has 0 bridgehead atoms. The van der Waals surface area contributed by atoms with E-state index in [0.29, 0.717) is 16.9 Å². The summed E-state index contributed by atoms with van der Waals surface area (Å²) >= 11 is 0. The highest BCUT2D eigenvalue weighted by Gasteiger charge is 2.32. The number of carbonyl (C=O) groups excluding carboxylic acids is 1. The minimum Gasteiger partial charge on any atom is -0.462 e. The first kappa shape index (κ1) is 14.6. The third kappa shape index (κ3) is 2.45. The van der Waals surface area contributed by atoms with E-state index in [2.05, 4.69) is 5.10 Å². The summed E-state index contributed by atoms with van der Waals surface area (Å²) in [6, 6.07) is 5.84. The summed E-state index contributed by atoms with van der Waals surface area (Å²) in [5, 5.41) is 4.50. The van der Waals surface area contributed by atoms with Crippen LogP contribution in [0.3, 0.4) is 0 Å². The number of hydrogen-bond donors (Lipinski definition) is 1. The highest BCUT2D eigenvalue weighted by Crippen LogP contribution is 2.39. The molecule has 0 atom stereocenters. The Morgan fingerprint density at radius 3 is 2.64 bits per heavy atom. The maximum absolute atomic E-state index is 13.1. The SMILES string of the molecule is CCOC(=O)c1c(C2CCC2)nn(-c2ccc(F)cc2)c1N. The van der Waals surface area contributed by atoms with Crippen molar-refractivity contribution in [3.63, 3.8) is 0 Å². The summed E-state index contributed by atoms with van der Waals surface area (Å²) in [6.07, 6.45) is 3.11. The van der Waals surface area contributed by atoms with Gasteiger partial charge in [0.05, 0.1) is 18.0 Å². The molecule has 0 saturated heterocycles. The lowest BCUT2D eigenvalue weighted by Gasteiger charge is -2.24. The summed E-state index contributed by atoms with van der Waals surface area (Å²) in [5.74, 6) is -0.301. The molecule has 0 amide bonds. The number of halogens is 1. The molecule has 3 rings (SSSR count). The number of benzene rings is 1. The second-order valence-corrected chi connectivity index (χ2v) is 5.38. The molecule has 0 aliphatic heterocycles. The van der Waals surface area contributed by atoms with Crippen molar-refractivity contribution >= 4 is 11.8 Å². The lowest BCUT2D eigenvalue weighted by Crippen LogP contribution is -2.15. The number of hydrogen-bond acceptors (Lipinski definition) is 4. The molecule has 1 aromatic carbocycles. The molecule has 1 aliphatic rings. The number of carbonyl (C=O) groups is 1. The van der Waals surface area contributed by atoms with Crippen LogP contribution in [-0.2, 0) is 4.74 Å². The molecule has 1 saturated carbocycles. The first-order valence-corrected chi connectivity index (χ1v) is 7.43. The zero-order valence-electron chi connectivity index (χ0n) is 12.4. The van der Waals surface area contributed by atoms with E-state index in [9.17, 15) is 9.18 Å². The molecule has 2 N–H and O–H groups in total. The number of anilines is 1. The Kier molecular flexibility index (Phi) is 3.83. The number of esters is 1. The van der Waals surface area contributed by atoms with Gasteiger partial charge < -0.3 is 10.5 Å². The predicted octanol–water partition coefficient (Wildman–Crippen LogP) is 3.04. The molecule has 6 heteroatoms. The Morgan fingerprint density at radius 2 is 2.09 bits per heavy atom. The molecular formula is C16H18FN3O2. The molecule has 22 heavy (non-hydrogen) atoms. The zero-order valence-corrected chi connectivity index (χ0v) is 12.4. The second kappa shape index (κ2) is 5.79. The van der Waals surface area contributed by atoms with Crippen LogP contribution in [0.4, 0.5) is 10.2 Å². The smallest absolute Gasteiger partial charge is 0.343 e. The largest absolute Gasteiger partial charge is 0.462 e. The minimum absolute atomic E-state index is 0.239. The van der Waals surface area contributed by atoms with Gasteiger partial charge in [0.25, 0.3) is 0 Å². The molecule has 116 valence electrons. The van der Waals surface area contributed by atoms with Crippen molar-refractivity contribution in [3.05, 3.63) is 41.3 Å². The van der Waals surface area contributed by atoms with Gasteiger partial charge in [0.15, 0.2) is 0 Å². The molecule has 1 fully saturated rings. The van der Waals surface area contributed by atoms with Gasteiger partial charge in [-0.2, -0.15) is 5.10 Å². The van der Waals surface area contributed by atoms with Gasteiger partial charge >= 0.3 is 5.97 Å². The van der Waals surface area contributed by atoms with Crippen molar-refractivity contribution in [2.24, 2.45) is 0 Å². The molecule has 5 nitrogen and oxygen atoms in total. The maximum Gasteiger partial charge on any atom is 0.343 e. The van der Waals surface area contributed by atoms with Crippen molar-refractivity contribution < 1.29 is 13.9 Å². The monoisotopic (exact) mass is 303 g/mol.